The predicted molar refractivity (Wildman–Crippen MR) is 147 cm³/mol. The van der Waals surface area contributed by atoms with E-state index in [1.54, 1.807) is 22.5 Å². The van der Waals surface area contributed by atoms with Crippen molar-refractivity contribution < 1.29 is 14.7 Å². The van der Waals surface area contributed by atoms with Gasteiger partial charge in [0.1, 0.15) is 21.8 Å². The van der Waals surface area contributed by atoms with Crippen molar-refractivity contribution in [2.45, 2.75) is 66.3 Å². The van der Waals surface area contributed by atoms with Crippen molar-refractivity contribution in [1.82, 2.24) is 9.47 Å². The number of piperidine rings is 1. The number of thioether (sulfide) groups is 1. The Hall–Kier alpha value is -2.64. The van der Waals surface area contributed by atoms with Crippen molar-refractivity contribution in [3.05, 3.63) is 31.9 Å². The summed E-state index contributed by atoms with van der Waals surface area (Å²) in [6.45, 7) is 10.5. The summed E-state index contributed by atoms with van der Waals surface area (Å²) in [4.78, 5) is 41.5. The number of carbonyl (C=O) groups is 2. The molecular formula is C26H34N4O4S2. The molecule has 194 valence electrons. The summed E-state index contributed by atoms with van der Waals surface area (Å²) in [6, 6.07) is 2.08. The Morgan fingerprint density at radius 3 is 2.47 bits per heavy atom. The Kier molecular flexibility index (Phi) is 9.36. The van der Waals surface area contributed by atoms with Gasteiger partial charge in [0.2, 0.25) is 0 Å². The smallest absolute Gasteiger partial charge is 0.303 e. The second-order valence-corrected chi connectivity index (χ2v) is 11.5. The minimum Gasteiger partial charge on any atom is -0.481 e. The number of carbonyl (C=O) groups excluding carboxylic acids is 1. The maximum atomic E-state index is 13.3. The second kappa shape index (κ2) is 12.1. The molecule has 0 bridgehead atoms. The number of rotatable bonds is 9. The molecular weight excluding hydrogens is 496 g/mol. The van der Waals surface area contributed by atoms with Crippen molar-refractivity contribution in [2.24, 2.45) is 11.8 Å². The zero-order valence-corrected chi connectivity index (χ0v) is 23.0. The fraction of sp³-hybridized carbons (Fsp3) is 0.577. The monoisotopic (exact) mass is 530 g/mol. The fourth-order valence-electron chi connectivity index (χ4n) is 5.16. The van der Waals surface area contributed by atoms with Crippen molar-refractivity contribution in [2.75, 3.05) is 24.5 Å². The van der Waals surface area contributed by atoms with Gasteiger partial charge >= 0.3 is 5.97 Å². The van der Waals surface area contributed by atoms with Crippen LogP contribution in [-0.2, 0) is 16.1 Å². The van der Waals surface area contributed by atoms with Crippen LogP contribution in [0, 0.1) is 30.1 Å². The first-order chi connectivity index (χ1) is 17.1. The molecule has 0 spiro atoms. The van der Waals surface area contributed by atoms with Crippen LogP contribution in [0.25, 0.3) is 6.08 Å². The van der Waals surface area contributed by atoms with Gasteiger partial charge in [-0.2, -0.15) is 5.26 Å². The van der Waals surface area contributed by atoms with Crippen molar-refractivity contribution in [1.29, 1.82) is 5.26 Å². The highest BCUT2D eigenvalue weighted by Crippen LogP contribution is 2.37. The minimum atomic E-state index is -0.822. The van der Waals surface area contributed by atoms with E-state index in [2.05, 4.69) is 24.8 Å². The molecule has 2 unspecified atom stereocenters. The number of nitrogens with zero attached hydrogens (tertiary/aromatic N) is 4. The molecule has 0 radical (unpaired) electrons. The molecule has 3 rings (SSSR count). The number of unbranched alkanes of at least 4 members (excludes halogenated alkanes) is 2. The summed E-state index contributed by atoms with van der Waals surface area (Å²) < 4.78 is 2.12. The Morgan fingerprint density at radius 2 is 1.89 bits per heavy atom. The molecule has 0 saturated carbocycles. The van der Waals surface area contributed by atoms with E-state index in [1.807, 2.05) is 6.92 Å². The number of aromatic nitrogens is 1. The molecule has 0 aromatic carbocycles. The van der Waals surface area contributed by atoms with E-state index >= 15 is 0 Å². The highest BCUT2D eigenvalue weighted by atomic mass is 32.2. The van der Waals surface area contributed by atoms with Crippen LogP contribution in [0.5, 0.6) is 0 Å². The molecule has 1 amide bonds. The SMILES string of the molecule is CCn1c(N2CC(C)CC(C)C2)c(C=C2SC(=S)N(CCCCCC(=O)O)C2=O)c(C)c(C#N)c1=O. The molecule has 2 atom stereocenters. The Balaban J connectivity index is 2.00. The Labute approximate surface area is 221 Å². The molecule has 2 aliphatic heterocycles. The highest BCUT2D eigenvalue weighted by molar-refractivity contribution is 8.26. The van der Waals surface area contributed by atoms with Crippen LogP contribution in [0.4, 0.5) is 5.82 Å². The molecule has 2 fully saturated rings. The maximum absolute atomic E-state index is 13.3. The number of amides is 1. The van der Waals surface area contributed by atoms with E-state index in [-0.39, 0.29) is 23.5 Å². The van der Waals surface area contributed by atoms with Gasteiger partial charge in [-0.3, -0.25) is 23.9 Å². The summed E-state index contributed by atoms with van der Waals surface area (Å²) in [7, 11) is 0. The number of carboxylic acids is 1. The number of aliphatic carboxylic acids is 1. The van der Waals surface area contributed by atoms with Crippen LogP contribution in [-0.4, -0.2) is 50.4 Å². The first kappa shape index (κ1) is 27.9. The van der Waals surface area contributed by atoms with Crippen LogP contribution in [0.2, 0.25) is 0 Å². The van der Waals surface area contributed by atoms with E-state index < -0.39 is 5.97 Å². The van der Waals surface area contributed by atoms with Gasteiger partial charge in [-0.1, -0.05) is 44.2 Å². The number of thiocarbonyl (C=S) groups is 1. The lowest BCUT2D eigenvalue weighted by atomic mass is 9.91. The standard InChI is InChI=1S/C26H34N4O4S2/c1-5-29-23(28-14-16(2)11-17(3)15-28)19(18(4)20(13-27)24(29)33)12-21-25(34)30(26(35)36-21)10-8-6-7-9-22(31)32/h12,16-17H,5-11,14-15H2,1-4H3,(H,31,32). The quantitative estimate of drug-likeness (QED) is 0.285. The molecule has 2 saturated heterocycles. The average Bonchev–Trinajstić information content (AvgIpc) is 3.07. The van der Waals surface area contributed by atoms with E-state index in [9.17, 15) is 19.6 Å². The van der Waals surface area contributed by atoms with Crippen LogP contribution < -0.4 is 10.5 Å². The van der Waals surface area contributed by atoms with Gasteiger partial charge in [-0.05, 0) is 56.6 Å². The third-order valence-corrected chi connectivity index (χ3v) is 8.13. The Morgan fingerprint density at radius 1 is 1.22 bits per heavy atom. The molecule has 0 aliphatic carbocycles. The van der Waals surface area contributed by atoms with E-state index in [1.165, 1.54) is 11.8 Å². The molecule has 3 heterocycles. The molecule has 1 aromatic heterocycles. The molecule has 36 heavy (non-hydrogen) atoms. The Bertz CT molecular complexity index is 1170. The van der Waals surface area contributed by atoms with Gasteiger partial charge in [0.25, 0.3) is 11.5 Å². The fourth-order valence-corrected chi connectivity index (χ4v) is 6.45. The van der Waals surface area contributed by atoms with E-state index in [0.717, 1.165) is 30.9 Å². The second-order valence-electron chi connectivity index (χ2n) is 9.79. The topological polar surface area (TPSA) is 107 Å². The van der Waals surface area contributed by atoms with Crippen LogP contribution in [0.3, 0.4) is 0 Å². The predicted octanol–water partition coefficient (Wildman–Crippen LogP) is 4.38. The summed E-state index contributed by atoms with van der Waals surface area (Å²) in [5, 5.41) is 18.6. The molecule has 1 aromatic rings. The third kappa shape index (κ3) is 6.01. The lowest BCUT2D eigenvalue weighted by Gasteiger charge is -2.38. The van der Waals surface area contributed by atoms with E-state index in [0.29, 0.717) is 59.0 Å². The van der Waals surface area contributed by atoms with Crippen molar-refractivity contribution in [3.63, 3.8) is 0 Å². The van der Waals surface area contributed by atoms with Gasteiger partial charge in [-0.15, -0.1) is 0 Å². The van der Waals surface area contributed by atoms with Gasteiger partial charge in [0.15, 0.2) is 0 Å². The number of nitriles is 1. The summed E-state index contributed by atoms with van der Waals surface area (Å²) in [6.07, 6.45) is 4.95. The number of pyridine rings is 1. The van der Waals surface area contributed by atoms with Gasteiger partial charge in [0.05, 0.1) is 4.91 Å². The molecule has 10 heteroatoms. The molecule has 2 aliphatic rings. The van der Waals surface area contributed by atoms with Crippen molar-refractivity contribution >= 4 is 52.1 Å². The zero-order chi connectivity index (χ0) is 26.6. The maximum Gasteiger partial charge on any atom is 0.303 e. The number of hydrogen-bond donors (Lipinski definition) is 1. The average molecular weight is 531 g/mol. The lowest BCUT2D eigenvalue weighted by molar-refractivity contribution is -0.137. The van der Waals surface area contributed by atoms with Gasteiger partial charge in [0, 0.05) is 38.2 Å². The first-order valence-electron chi connectivity index (χ1n) is 12.5. The number of anilines is 1. The third-order valence-electron chi connectivity index (χ3n) is 6.75. The molecule has 1 N–H and O–H groups in total. The van der Waals surface area contributed by atoms with Crippen LogP contribution >= 0.6 is 24.0 Å². The lowest BCUT2D eigenvalue weighted by Crippen LogP contribution is -2.42. The van der Waals surface area contributed by atoms with Gasteiger partial charge < -0.3 is 10.0 Å². The minimum absolute atomic E-state index is 0.0962. The largest absolute Gasteiger partial charge is 0.481 e. The summed E-state index contributed by atoms with van der Waals surface area (Å²) >= 11 is 6.71. The normalized spacial score (nSPS) is 21.4. The first-order valence-corrected chi connectivity index (χ1v) is 13.7. The number of carboxylic acid groups (broad SMARTS) is 1. The summed E-state index contributed by atoms with van der Waals surface area (Å²) in [5.41, 5.74) is 1.09. The highest BCUT2D eigenvalue weighted by Gasteiger charge is 2.33. The summed E-state index contributed by atoms with van der Waals surface area (Å²) in [5.74, 6) is 0.657. The van der Waals surface area contributed by atoms with E-state index in [4.69, 9.17) is 17.3 Å². The van der Waals surface area contributed by atoms with Crippen LogP contribution in [0.15, 0.2) is 9.70 Å². The zero-order valence-electron chi connectivity index (χ0n) is 21.4. The van der Waals surface area contributed by atoms with Crippen molar-refractivity contribution in [3.8, 4) is 6.07 Å². The van der Waals surface area contributed by atoms with Crippen LogP contribution in [0.1, 0.15) is 69.6 Å². The molecule has 8 nitrogen and oxygen atoms in total. The van der Waals surface area contributed by atoms with Gasteiger partial charge in [-0.25, -0.2) is 0 Å². The number of hydrogen-bond acceptors (Lipinski definition) is 7.